The summed E-state index contributed by atoms with van der Waals surface area (Å²) in [6.45, 7) is 4.64. The van der Waals surface area contributed by atoms with Gasteiger partial charge >= 0.3 is 0 Å². The predicted octanol–water partition coefficient (Wildman–Crippen LogP) is 2.36. The zero-order chi connectivity index (χ0) is 13.9. The van der Waals surface area contributed by atoms with Crippen LogP contribution in [-0.4, -0.2) is 39.8 Å². The molecule has 114 valence electrons. The molecule has 0 radical (unpaired) electrons. The summed E-state index contributed by atoms with van der Waals surface area (Å²) in [5.41, 5.74) is 2.65. The van der Waals surface area contributed by atoms with E-state index < -0.39 is 0 Å². The monoisotopic (exact) mass is 391 g/mol. The third-order valence-corrected chi connectivity index (χ3v) is 2.83. The van der Waals surface area contributed by atoms with Gasteiger partial charge in [-0.25, -0.2) is 0 Å². The van der Waals surface area contributed by atoms with Crippen molar-refractivity contribution in [1.29, 1.82) is 0 Å². The number of hydrogen-bond acceptors (Lipinski definition) is 2. The van der Waals surface area contributed by atoms with Crippen molar-refractivity contribution in [2.75, 3.05) is 33.9 Å². The van der Waals surface area contributed by atoms with Gasteiger partial charge in [-0.3, -0.25) is 4.99 Å². The van der Waals surface area contributed by atoms with Gasteiger partial charge in [-0.2, -0.15) is 0 Å². The molecule has 0 saturated heterocycles. The number of aryl methyl sites for hydroxylation is 1. The van der Waals surface area contributed by atoms with Crippen LogP contribution in [0.1, 0.15) is 17.5 Å². The maximum absolute atomic E-state index is 5.01. The molecular formula is C15H26IN3O. The molecule has 0 aliphatic heterocycles. The summed E-state index contributed by atoms with van der Waals surface area (Å²) in [4.78, 5) is 4.19. The quantitative estimate of drug-likeness (QED) is 0.325. The molecular weight excluding hydrogens is 365 g/mol. The van der Waals surface area contributed by atoms with Crippen molar-refractivity contribution in [3.05, 3.63) is 35.4 Å². The van der Waals surface area contributed by atoms with Crippen LogP contribution in [-0.2, 0) is 11.2 Å². The lowest BCUT2D eigenvalue weighted by Crippen LogP contribution is -2.39. The number of methoxy groups -OCH3 is 1. The Kier molecular flexibility index (Phi) is 11.5. The van der Waals surface area contributed by atoms with Crippen molar-refractivity contribution in [2.45, 2.75) is 19.8 Å². The largest absolute Gasteiger partial charge is 0.385 e. The second-order valence-electron chi connectivity index (χ2n) is 4.51. The fraction of sp³-hybridized carbons (Fsp3) is 0.533. The van der Waals surface area contributed by atoms with Crippen molar-refractivity contribution in [1.82, 2.24) is 10.6 Å². The molecule has 0 saturated carbocycles. The number of rotatable bonds is 7. The minimum atomic E-state index is 0. The lowest BCUT2D eigenvalue weighted by Gasteiger charge is -2.11. The highest BCUT2D eigenvalue weighted by molar-refractivity contribution is 14.0. The molecule has 0 atom stereocenters. The molecule has 0 fully saturated rings. The van der Waals surface area contributed by atoms with E-state index >= 15 is 0 Å². The van der Waals surface area contributed by atoms with Crippen molar-refractivity contribution >= 4 is 29.9 Å². The minimum absolute atomic E-state index is 0. The van der Waals surface area contributed by atoms with Gasteiger partial charge in [0.15, 0.2) is 5.96 Å². The average Bonchev–Trinajstić information content (AvgIpc) is 2.41. The molecule has 4 nitrogen and oxygen atoms in total. The van der Waals surface area contributed by atoms with Crippen LogP contribution in [0.2, 0.25) is 0 Å². The van der Waals surface area contributed by atoms with Gasteiger partial charge in [0.2, 0.25) is 0 Å². The van der Waals surface area contributed by atoms with Gasteiger partial charge in [0, 0.05) is 33.9 Å². The van der Waals surface area contributed by atoms with Crippen molar-refractivity contribution in [3.8, 4) is 0 Å². The molecule has 0 unspecified atom stereocenters. The fourth-order valence-corrected chi connectivity index (χ4v) is 1.84. The number of hydrogen-bond donors (Lipinski definition) is 2. The van der Waals surface area contributed by atoms with Gasteiger partial charge in [-0.15, -0.1) is 24.0 Å². The average molecular weight is 391 g/mol. The molecule has 0 amide bonds. The Bertz CT molecular complexity index is 396. The Morgan fingerprint density at radius 3 is 2.65 bits per heavy atom. The van der Waals surface area contributed by atoms with Crippen LogP contribution >= 0.6 is 24.0 Å². The van der Waals surface area contributed by atoms with E-state index in [9.17, 15) is 0 Å². The number of aliphatic imine (C=N–C) groups is 1. The number of guanidine groups is 1. The minimum Gasteiger partial charge on any atom is -0.385 e. The molecule has 0 bridgehead atoms. The van der Waals surface area contributed by atoms with Crippen LogP contribution in [0.15, 0.2) is 29.3 Å². The Morgan fingerprint density at radius 2 is 2.00 bits per heavy atom. The maximum atomic E-state index is 5.01. The van der Waals surface area contributed by atoms with Crippen LogP contribution in [0.5, 0.6) is 0 Å². The topological polar surface area (TPSA) is 45.7 Å². The number of benzene rings is 1. The summed E-state index contributed by atoms with van der Waals surface area (Å²) < 4.78 is 5.01. The summed E-state index contributed by atoms with van der Waals surface area (Å²) in [6.07, 6.45) is 1.98. The van der Waals surface area contributed by atoms with Gasteiger partial charge in [-0.1, -0.05) is 29.8 Å². The molecule has 0 aliphatic rings. The van der Waals surface area contributed by atoms with E-state index in [1.165, 1.54) is 11.1 Å². The highest BCUT2D eigenvalue weighted by Gasteiger charge is 1.97. The molecule has 0 heterocycles. The highest BCUT2D eigenvalue weighted by atomic mass is 127. The maximum Gasteiger partial charge on any atom is 0.190 e. The fourth-order valence-electron chi connectivity index (χ4n) is 1.84. The molecule has 0 aromatic heterocycles. The first kappa shape index (κ1) is 19.2. The Balaban J connectivity index is 0.00000361. The molecule has 1 aromatic carbocycles. The predicted molar refractivity (Wildman–Crippen MR) is 96.2 cm³/mol. The Labute approximate surface area is 139 Å². The van der Waals surface area contributed by atoms with E-state index in [1.807, 2.05) is 0 Å². The van der Waals surface area contributed by atoms with Crippen LogP contribution in [0.3, 0.4) is 0 Å². The summed E-state index contributed by atoms with van der Waals surface area (Å²) >= 11 is 0. The molecule has 20 heavy (non-hydrogen) atoms. The number of halogens is 1. The van der Waals surface area contributed by atoms with Gasteiger partial charge in [-0.05, 0) is 25.3 Å². The van der Waals surface area contributed by atoms with Crippen LogP contribution in [0.25, 0.3) is 0 Å². The summed E-state index contributed by atoms with van der Waals surface area (Å²) in [7, 11) is 3.51. The second kappa shape index (κ2) is 12.0. The molecule has 2 N–H and O–H groups in total. The first-order chi connectivity index (χ1) is 9.26. The highest BCUT2D eigenvalue weighted by Crippen LogP contribution is 2.03. The van der Waals surface area contributed by atoms with E-state index in [4.69, 9.17) is 4.74 Å². The van der Waals surface area contributed by atoms with Crippen molar-refractivity contribution in [3.63, 3.8) is 0 Å². The summed E-state index contributed by atoms with van der Waals surface area (Å²) in [5.74, 6) is 0.851. The second-order valence-corrected chi connectivity index (χ2v) is 4.51. The molecule has 0 spiro atoms. The first-order valence-corrected chi connectivity index (χ1v) is 6.75. The zero-order valence-corrected chi connectivity index (χ0v) is 14.9. The molecule has 0 aliphatic carbocycles. The normalized spacial score (nSPS) is 10.8. The third kappa shape index (κ3) is 8.37. The van der Waals surface area contributed by atoms with Crippen molar-refractivity contribution < 1.29 is 4.74 Å². The van der Waals surface area contributed by atoms with Crippen LogP contribution < -0.4 is 10.6 Å². The standard InChI is InChI=1S/C15H25N3O.HI/c1-13-6-4-7-14(12-13)8-10-18-15(16-2)17-9-5-11-19-3;/h4,6-7,12H,5,8-11H2,1-3H3,(H2,16,17,18);1H. The SMILES string of the molecule is CN=C(NCCCOC)NCCc1cccc(C)c1.I. The summed E-state index contributed by atoms with van der Waals surface area (Å²) in [5, 5.41) is 6.57. The number of nitrogens with one attached hydrogen (secondary N) is 2. The smallest absolute Gasteiger partial charge is 0.190 e. The Morgan fingerprint density at radius 1 is 1.25 bits per heavy atom. The number of nitrogens with zero attached hydrogens (tertiary/aromatic N) is 1. The molecule has 1 aromatic rings. The first-order valence-electron chi connectivity index (χ1n) is 6.75. The van der Waals surface area contributed by atoms with Crippen LogP contribution in [0, 0.1) is 6.92 Å². The van der Waals surface area contributed by atoms with E-state index in [-0.39, 0.29) is 24.0 Å². The molecule has 5 heteroatoms. The number of ether oxygens (including phenoxy) is 1. The summed E-state index contributed by atoms with van der Waals surface area (Å²) in [6, 6.07) is 8.59. The van der Waals surface area contributed by atoms with Gasteiger partial charge in [0.1, 0.15) is 0 Å². The zero-order valence-electron chi connectivity index (χ0n) is 12.6. The lowest BCUT2D eigenvalue weighted by atomic mass is 10.1. The van der Waals surface area contributed by atoms with E-state index in [0.29, 0.717) is 0 Å². The van der Waals surface area contributed by atoms with E-state index in [2.05, 4.69) is 46.8 Å². The third-order valence-electron chi connectivity index (χ3n) is 2.83. The van der Waals surface area contributed by atoms with Gasteiger partial charge in [0.05, 0.1) is 0 Å². The molecule has 1 rings (SSSR count). The van der Waals surface area contributed by atoms with Crippen molar-refractivity contribution in [2.24, 2.45) is 4.99 Å². The Hall–Kier alpha value is -0.820. The van der Waals surface area contributed by atoms with Crippen LogP contribution in [0.4, 0.5) is 0 Å². The van der Waals surface area contributed by atoms with Gasteiger partial charge < -0.3 is 15.4 Å². The van der Waals surface area contributed by atoms with E-state index in [0.717, 1.165) is 38.5 Å². The van der Waals surface area contributed by atoms with Gasteiger partial charge in [0.25, 0.3) is 0 Å². The lowest BCUT2D eigenvalue weighted by molar-refractivity contribution is 0.195. The van der Waals surface area contributed by atoms with E-state index in [1.54, 1.807) is 14.2 Å².